The predicted octanol–water partition coefficient (Wildman–Crippen LogP) is 1.71. The van der Waals surface area contributed by atoms with Crippen molar-refractivity contribution in [3.8, 4) is 0 Å². The summed E-state index contributed by atoms with van der Waals surface area (Å²) in [5, 5.41) is 11.1. The zero-order valence-electron chi connectivity index (χ0n) is 9.57. The van der Waals surface area contributed by atoms with Crippen LogP contribution in [0.4, 0.5) is 0 Å². The van der Waals surface area contributed by atoms with Crippen molar-refractivity contribution in [1.82, 2.24) is 4.98 Å². The average molecular weight is 216 g/mol. The fraction of sp³-hybridized carbons (Fsp3) is 0.308. The summed E-state index contributed by atoms with van der Waals surface area (Å²) in [6, 6.07) is 9.70. The fourth-order valence-electron chi connectivity index (χ4n) is 1.68. The number of benzene rings is 1. The average Bonchev–Trinajstić information content (AvgIpc) is 2.28. The Morgan fingerprint density at radius 2 is 2.06 bits per heavy atom. The summed E-state index contributed by atoms with van der Waals surface area (Å²) >= 11 is 0. The van der Waals surface area contributed by atoms with Gasteiger partial charge in [-0.3, -0.25) is 4.98 Å². The molecule has 0 radical (unpaired) electrons. The molecule has 84 valence electrons. The second kappa shape index (κ2) is 3.85. The molecule has 0 aliphatic rings. The fourth-order valence-corrected chi connectivity index (χ4v) is 1.68. The monoisotopic (exact) mass is 216 g/mol. The van der Waals surface area contributed by atoms with Crippen molar-refractivity contribution in [3.63, 3.8) is 0 Å². The van der Waals surface area contributed by atoms with Crippen LogP contribution in [0.15, 0.2) is 30.3 Å². The van der Waals surface area contributed by atoms with Gasteiger partial charge in [0.15, 0.2) is 0 Å². The molecule has 0 spiro atoms. The number of hydrogen-bond acceptors (Lipinski definition) is 3. The van der Waals surface area contributed by atoms with Crippen LogP contribution >= 0.6 is 0 Å². The number of hydrogen-bond donors (Lipinski definition) is 2. The SMILES string of the molecule is Cc1ccc2cc(C(C)(O)CN)ccc2n1. The summed E-state index contributed by atoms with van der Waals surface area (Å²) in [7, 11) is 0. The van der Waals surface area contributed by atoms with Gasteiger partial charge in [-0.25, -0.2) is 0 Å². The van der Waals surface area contributed by atoms with E-state index in [0.29, 0.717) is 0 Å². The minimum atomic E-state index is -0.973. The van der Waals surface area contributed by atoms with Gasteiger partial charge in [-0.15, -0.1) is 0 Å². The van der Waals surface area contributed by atoms with Crippen LogP contribution in [0, 0.1) is 6.92 Å². The molecule has 0 saturated carbocycles. The molecule has 3 N–H and O–H groups in total. The lowest BCUT2D eigenvalue weighted by atomic mass is 9.95. The first-order chi connectivity index (χ1) is 7.53. The van der Waals surface area contributed by atoms with Gasteiger partial charge in [-0.2, -0.15) is 0 Å². The number of rotatable bonds is 2. The van der Waals surface area contributed by atoms with Crippen LogP contribution in [-0.4, -0.2) is 16.6 Å². The number of nitrogens with zero attached hydrogens (tertiary/aromatic N) is 1. The highest BCUT2D eigenvalue weighted by molar-refractivity contribution is 5.79. The highest BCUT2D eigenvalue weighted by Crippen LogP contribution is 2.23. The van der Waals surface area contributed by atoms with E-state index in [1.54, 1.807) is 6.92 Å². The van der Waals surface area contributed by atoms with Crippen LogP contribution in [0.2, 0.25) is 0 Å². The van der Waals surface area contributed by atoms with E-state index < -0.39 is 5.60 Å². The lowest BCUT2D eigenvalue weighted by Gasteiger charge is -2.21. The molecule has 2 aromatic rings. The first-order valence-electron chi connectivity index (χ1n) is 5.33. The molecular formula is C13H16N2O. The minimum absolute atomic E-state index is 0.206. The molecule has 1 atom stereocenters. The second-order valence-corrected chi connectivity index (χ2v) is 4.34. The van der Waals surface area contributed by atoms with E-state index in [1.807, 2.05) is 37.3 Å². The van der Waals surface area contributed by atoms with Crippen molar-refractivity contribution in [2.24, 2.45) is 5.73 Å². The molecule has 1 aromatic heterocycles. The van der Waals surface area contributed by atoms with Gasteiger partial charge in [0.1, 0.15) is 0 Å². The molecule has 3 heteroatoms. The van der Waals surface area contributed by atoms with Gasteiger partial charge < -0.3 is 10.8 Å². The Balaban J connectivity index is 2.57. The molecule has 0 aliphatic carbocycles. The quantitative estimate of drug-likeness (QED) is 0.803. The molecule has 0 bridgehead atoms. The molecule has 3 nitrogen and oxygen atoms in total. The van der Waals surface area contributed by atoms with Crippen molar-refractivity contribution >= 4 is 10.9 Å². The largest absolute Gasteiger partial charge is 0.384 e. The number of pyridine rings is 1. The molecule has 2 rings (SSSR count). The first kappa shape index (κ1) is 11.0. The Morgan fingerprint density at radius 1 is 1.31 bits per heavy atom. The molecule has 0 saturated heterocycles. The maximum Gasteiger partial charge on any atom is 0.0990 e. The van der Waals surface area contributed by atoms with Crippen molar-refractivity contribution in [1.29, 1.82) is 0 Å². The van der Waals surface area contributed by atoms with Crippen molar-refractivity contribution in [3.05, 3.63) is 41.6 Å². The number of fused-ring (bicyclic) bond motifs is 1. The maximum absolute atomic E-state index is 10.1. The van der Waals surface area contributed by atoms with Gasteiger partial charge in [0.25, 0.3) is 0 Å². The van der Waals surface area contributed by atoms with Gasteiger partial charge in [-0.1, -0.05) is 12.1 Å². The smallest absolute Gasteiger partial charge is 0.0990 e. The van der Waals surface area contributed by atoms with E-state index >= 15 is 0 Å². The minimum Gasteiger partial charge on any atom is -0.384 e. The highest BCUT2D eigenvalue weighted by atomic mass is 16.3. The number of aryl methyl sites for hydroxylation is 1. The lowest BCUT2D eigenvalue weighted by molar-refractivity contribution is 0.0670. The van der Waals surface area contributed by atoms with E-state index in [1.165, 1.54) is 0 Å². The second-order valence-electron chi connectivity index (χ2n) is 4.34. The van der Waals surface area contributed by atoms with E-state index in [2.05, 4.69) is 4.98 Å². The number of aromatic nitrogens is 1. The zero-order chi connectivity index (χ0) is 11.8. The van der Waals surface area contributed by atoms with E-state index in [9.17, 15) is 5.11 Å². The molecule has 0 fully saturated rings. The molecule has 0 amide bonds. The Bertz CT molecular complexity index is 520. The van der Waals surface area contributed by atoms with Crippen molar-refractivity contribution in [2.45, 2.75) is 19.4 Å². The third-order valence-electron chi connectivity index (χ3n) is 2.85. The summed E-state index contributed by atoms with van der Waals surface area (Å²) in [6.45, 7) is 3.89. The predicted molar refractivity (Wildman–Crippen MR) is 65.1 cm³/mol. The Kier molecular flexibility index (Phi) is 2.66. The van der Waals surface area contributed by atoms with Crippen LogP contribution in [-0.2, 0) is 5.60 Å². The van der Waals surface area contributed by atoms with Crippen LogP contribution in [0.1, 0.15) is 18.2 Å². The Labute approximate surface area is 94.9 Å². The van der Waals surface area contributed by atoms with Gasteiger partial charge in [0.05, 0.1) is 11.1 Å². The van der Waals surface area contributed by atoms with E-state index in [0.717, 1.165) is 22.2 Å². The van der Waals surface area contributed by atoms with Crippen LogP contribution < -0.4 is 5.73 Å². The van der Waals surface area contributed by atoms with Crippen LogP contribution in [0.3, 0.4) is 0 Å². The Morgan fingerprint density at radius 3 is 2.75 bits per heavy atom. The van der Waals surface area contributed by atoms with E-state index in [-0.39, 0.29) is 6.54 Å². The van der Waals surface area contributed by atoms with Crippen molar-refractivity contribution < 1.29 is 5.11 Å². The first-order valence-corrected chi connectivity index (χ1v) is 5.33. The van der Waals surface area contributed by atoms with Gasteiger partial charge in [-0.05, 0) is 37.6 Å². The molecular weight excluding hydrogens is 200 g/mol. The van der Waals surface area contributed by atoms with Gasteiger partial charge >= 0.3 is 0 Å². The highest BCUT2D eigenvalue weighted by Gasteiger charge is 2.20. The summed E-state index contributed by atoms with van der Waals surface area (Å²) in [5.41, 5.74) is 7.33. The third kappa shape index (κ3) is 1.92. The normalized spacial score (nSPS) is 15.0. The molecule has 1 heterocycles. The van der Waals surface area contributed by atoms with Crippen molar-refractivity contribution in [2.75, 3.05) is 6.54 Å². The maximum atomic E-state index is 10.1. The van der Waals surface area contributed by atoms with E-state index in [4.69, 9.17) is 5.73 Å². The number of nitrogens with two attached hydrogens (primary N) is 1. The third-order valence-corrected chi connectivity index (χ3v) is 2.85. The number of aliphatic hydroxyl groups is 1. The summed E-state index contributed by atoms with van der Waals surface area (Å²) in [5.74, 6) is 0. The summed E-state index contributed by atoms with van der Waals surface area (Å²) in [6.07, 6.45) is 0. The van der Waals surface area contributed by atoms with Gasteiger partial charge in [0.2, 0.25) is 0 Å². The standard InChI is InChI=1S/C13H16N2O/c1-9-3-4-10-7-11(13(2,16)8-14)5-6-12(10)15-9/h3-7,16H,8,14H2,1-2H3. The molecule has 0 aliphatic heterocycles. The molecule has 1 unspecified atom stereocenters. The van der Waals surface area contributed by atoms with Gasteiger partial charge in [0, 0.05) is 17.6 Å². The summed E-state index contributed by atoms with van der Waals surface area (Å²) < 4.78 is 0. The molecule has 1 aromatic carbocycles. The Hall–Kier alpha value is -1.45. The van der Waals surface area contributed by atoms with Crippen LogP contribution in [0.5, 0.6) is 0 Å². The topological polar surface area (TPSA) is 59.1 Å². The lowest BCUT2D eigenvalue weighted by Crippen LogP contribution is -2.31. The zero-order valence-corrected chi connectivity index (χ0v) is 9.57. The summed E-state index contributed by atoms with van der Waals surface area (Å²) in [4.78, 5) is 4.41. The van der Waals surface area contributed by atoms with Crippen LogP contribution in [0.25, 0.3) is 10.9 Å². The molecule has 16 heavy (non-hydrogen) atoms.